The SMILES string of the molecule is CCCc1nnsc1-c1nnc(CNC(C)C)s1. The highest BCUT2D eigenvalue weighted by Gasteiger charge is 2.14. The summed E-state index contributed by atoms with van der Waals surface area (Å²) in [5.74, 6) is 0. The fraction of sp³-hybridized carbons (Fsp3) is 0.636. The molecule has 0 unspecified atom stereocenters. The van der Waals surface area contributed by atoms with Crippen molar-refractivity contribution in [2.45, 2.75) is 46.2 Å². The summed E-state index contributed by atoms with van der Waals surface area (Å²) < 4.78 is 4.02. The molecule has 98 valence electrons. The molecule has 0 aromatic carbocycles. The highest BCUT2D eigenvalue weighted by atomic mass is 32.1. The lowest BCUT2D eigenvalue weighted by molar-refractivity contribution is 0.585. The largest absolute Gasteiger partial charge is 0.308 e. The van der Waals surface area contributed by atoms with Gasteiger partial charge in [-0.15, -0.1) is 15.3 Å². The lowest BCUT2D eigenvalue weighted by atomic mass is 10.2. The molecule has 0 saturated carbocycles. The van der Waals surface area contributed by atoms with Crippen LogP contribution in [0, 0.1) is 0 Å². The third-order valence-electron chi connectivity index (χ3n) is 2.37. The van der Waals surface area contributed by atoms with Gasteiger partial charge in [0.05, 0.1) is 5.69 Å². The van der Waals surface area contributed by atoms with Gasteiger partial charge in [0.2, 0.25) is 0 Å². The minimum Gasteiger partial charge on any atom is -0.308 e. The Labute approximate surface area is 115 Å². The zero-order valence-electron chi connectivity index (χ0n) is 10.8. The second kappa shape index (κ2) is 6.31. The summed E-state index contributed by atoms with van der Waals surface area (Å²) in [6.07, 6.45) is 2.02. The predicted octanol–water partition coefficient (Wildman–Crippen LogP) is 2.51. The van der Waals surface area contributed by atoms with E-state index in [1.54, 1.807) is 11.3 Å². The Morgan fingerprint density at radius 1 is 1.22 bits per heavy atom. The summed E-state index contributed by atoms with van der Waals surface area (Å²) in [5.41, 5.74) is 1.04. The summed E-state index contributed by atoms with van der Waals surface area (Å²) in [6, 6.07) is 0.457. The van der Waals surface area contributed by atoms with Crippen LogP contribution in [0.4, 0.5) is 0 Å². The molecule has 0 aliphatic carbocycles. The average molecular weight is 283 g/mol. The summed E-state index contributed by atoms with van der Waals surface area (Å²) in [6.45, 7) is 7.15. The zero-order chi connectivity index (χ0) is 13.0. The molecule has 2 rings (SSSR count). The van der Waals surface area contributed by atoms with Gasteiger partial charge in [-0.1, -0.05) is 43.0 Å². The maximum Gasteiger partial charge on any atom is 0.161 e. The zero-order valence-corrected chi connectivity index (χ0v) is 12.4. The van der Waals surface area contributed by atoms with E-state index in [-0.39, 0.29) is 0 Å². The van der Waals surface area contributed by atoms with E-state index in [0.29, 0.717) is 6.04 Å². The van der Waals surface area contributed by atoms with Crippen LogP contribution in [-0.2, 0) is 13.0 Å². The molecule has 2 aromatic heterocycles. The molecule has 5 nitrogen and oxygen atoms in total. The molecule has 1 N–H and O–H groups in total. The molecule has 7 heteroatoms. The molecular weight excluding hydrogens is 266 g/mol. The Balaban J connectivity index is 2.11. The van der Waals surface area contributed by atoms with Gasteiger partial charge in [-0.3, -0.25) is 0 Å². The third-order valence-corrected chi connectivity index (χ3v) is 4.21. The van der Waals surface area contributed by atoms with E-state index in [1.807, 2.05) is 0 Å². The number of hydrogen-bond donors (Lipinski definition) is 1. The van der Waals surface area contributed by atoms with E-state index < -0.39 is 0 Å². The minimum atomic E-state index is 0.457. The van der Waals surface area contributed by atoms with Crippen LogP contribution in [0.3, 0.4) is 0 Å². The molecule has 0 bridgehead atoms. The molecule has 0 aliphatic rings. The van der Waals surface area contributed by atoms with Crippen molar-refractivity contribution in [3.63, 3.8) is 0 Å². The fourth-order valence-electron chi connectivity index (χ4n) is 1.48. The van der Waals surface area contributed by atoms with Gasteiger partial charge in [-0.05, 0) is 18.0 Å². The normalized spacial score (nSPS) is 11.3. The first-order chi connectivity index (χ1) is 8.70. The molecule has 0 fully saturated rings. The smallest absolute Gasteiger partial charge is 0.161 e. The number of nitrogens with one attached hydrogen (secondary N) is 1. The summed E-state index contributed by atoms with van der Waals surface area (Å²) in [4.78, 5) is 1.07. The van der Waals surface area contributed by atoms with Gasteiger partial charge in [0.15, 0.2) is 5.01 Å². The first-order valence-corrected chi connectivity index (χ1v) is 7.67. The van der Waals surface area contributed by atoms with Crippen LogP contribution in [0.25, 0.3) is 9.88 Å². The molecule has 0 radical (unpaired) electrons. The molecule has 2 aromatic rings. The van der Waals surface area contributed by atoms with E-state index in [0.717, 1.165) is 40.0 Å². The Morgan fingerprint density at radius 3 is 2.78 bits per heavy atom. The highest BCUT2D eigenvalue weighted by Crippen LogP contribution is 2.29. The van der Waals surface area contributed by atoms with Crippen LogP contribution in [0.5, 0.6) is 0 Å². The van der Waals surface area contributed by atoms with Crippen molar-refractivity contribution < 1.29 is 0 Å². The third kappa shape index (κ3) is 3.30. The lowest BCUT2D eigenvalue weighted by Gasteiger charge is -2.03. The number of hydrogen-bond acceptors (Lipinski definition) is 7. The maximum atomic E-state index is 4.24. The second-order valence-electron chi connectivity index (χ2n) is 4.34. The second-order valence-corrected chi connectivity index (χ2v) is 6.15. The molecule has 2 heterocycles. The molecule has 0 amide bonds. The first-order valence-electron chi connectivity index (χ1n) is 6.08. The van der Waals surface area contributed by atoms with Crippen molar-refractivity contribution in [1.82, 2.24) is 25.1 Å². The first kappa shape index (κ1) is 13.5. The monoisotopic (exact) mass is 283 g/mol. The minimum absolute atomic E-state index is 0.457. The Hall–Kier alpha value is -0.920. The predicted molar refractivity (Wildman–Crippen MR) is 74.8 cm³/mol. The number of rotatable bonds is 6. The van der Waals surface area contributed by atoms with E-state index in [1.165, 1.54) is 11.5 Å². The molecule has 0 saturated heterocycles. The Bertz CT molecular complexity index is 491. The standard InChI is InChI=1S/C11H17N5S2/c1-4-5-8-10(18-16-13-8)11-15-14-9(17-11)6-12-7(2)3/h7,12H,4-6H2,1-3H3. The Kier molecular flexibility index (Phi) is 4.73. The van der Waals surface area contributed by atoms with Crippen LogP contribution in [-0.4, -0.2) is 25.8 Å². The van der Waals surface area contributed by atoms with E-state index in [9.17, 15) is 0 Å². The van der Waals surface area contributed by atoms with Crippen LogP contribution in [0.1, 0.15) is 37.9 Å². The van der Waals surface area contributed by atoms with Crippen LogP contribution in [0.2, 0.25) is 0 Å². The van der Waals surface area contributed by atoms with Gasteiger partial charge >= 0.3 is 0 Å². The quantitative estimate of drug-likeness (QED) is 0.882. The van der Waals surface area contributed by atoms with E-state index >= 15 is 0 Å². The molecular formula is C11H17N5S2. The van der Waals surface area contributed by atoms with Crippen LogP contribution in [0.15, 0.2) is 0 Å². The van der Waals surface area contributed by atoms with E-state index in [4.69, 9.17) is 0 Å². The maximum absolute atomic E-state index is 4.24. The van der Waals surface area contributed by atoms with Gasteiger partial charge < -0.3 is 5.32 Å². The fourth-order valence-corrected chi connectivity index (χ4v) is 3.06. The molecule has 0 aliphatic heterocycles. The average Bonchev–Trinajstić information content (AvgIpc) is 2.94. The van der Waals surface area contributed by atoms with Crippen molar-refractivity contribution in [2.75, 3.05) is 0 Å². The topological polar surface area (TPSA) is 63.6 Å². The van der Waals surface area contributed by atoms with Gasteiger partial charge in [-0.2, -0.15) is 0 Å². The van der Waals surface area contributed by atoms with Crippen molar-refractivity contribution in [2.24, 2.45) is 0 Å². The lowest BCUT2D eigenvalue weighted by Crippen LogP contribution is -2.21. The Morgan fingerprint density at radius 2 is 2.06 bits per heavy atom. The summed E-state index contributed by atoms with van der Waals surface area (Å²) in [7, 11) is 0. The number of nitrogens with zero attached hydrogens (tertiary/aromatic N) is 4. The van der Waals surface area contributed by atoms with Crippen molar-refractivity contribution >= 4 is 22.9 Å². The molecule has 18 heavy (non-hydrogen) atoms. The van der Waals surface area contributed by atoms with Crippen molar-refractivity contribution in [3.05, 3.63) is 10.7 Å². The van der Waals surface area contributed by atoms with E-state index in [2.05, 4.69) is 45.9 Å². The highest BCUT2D eigenvalue weighted by molar-refractivity contribution is 7.19. The number of aromatic nitrogens is 4. The van der Waals surface area contributed by atoms with Gasteiger partial charge in [0.25, 0.3) is 0 Å². The summed E-state index contributed by atoms with van der Waals surface area (Å²) >= 11 is 3.03. The van der Waals surface area contributed by atoms with Crippen molar-refractivity contribution in [3.8, 4) is 9.88 Å². The molecule has 0 atom stereocenters. The van der Waals surface area contributed by atoms with Gasteiger partial charge in [-0.25, -0.2) is 0 Å². The van der Waals surface area contributed by atoms with Gasteiger partial charge in [0.1, 0.15) is 9.88 Å². The van der Waals surface area contributed by atoms with Crippen molar-refractivity contribution in [1.29, 1.82) is 0 Å². The van der Waals surface area contributed by atoms with Crippen LogP contribution >= 0.6 is 22.9 Å². The summed E-state index contributed by atoms with van der Waals surface area (Å²) in [5, 5.41) is 17.9. The number of aryl methyl sites for hydroxylation is 1. The molecule has 0 spiro atoms. The van der Waals surface area contributed by atoms with Gasteiger partial charge in [0, 0.05) is 12.6 Å². The van der Waals surface area contributed by atoms with Crippen LogP contribution < -0.4 is 5.32 Å².